The maximum Gasteiger partial charge on any atom is 0.119 e. The average molecular weight is 295 g/mol. The smallest absolute Gasteiger partial charge is 0.119 e. The Bertz CT molecular complexity index is 546. The maximum absolute atomic E-state index is 6.48. The van der Waals surface area contributed by atoms with E-state index in [0.29, 0.717) is 0 Å². The number of ether oxygens (including phenoxy) is 1. The lowest BCUT2D eigenvalue weighted by atomic mass is 10.0. The van der Waals surface area contributed by atoms with Crippen molar-refractivity contribution in [1.29, 1.82) is 0 Å². The Morgan fingerprint density at radius 3 is 2.63 bits per heavy atom. The molecule has 0 aliphatic heterocycles. The lowest BCUT2D eigenvalue weighted by molar-refractivity contribution is 0.414. The first-order chi connectivity index (χ1) is 9.08. The average Bonchev–Trinajstić information content (AvgIpc) is 2.37. The van der Waals surface area contributed by atoms with Gasteiger partial charge in [0.15, 0.2) is 0 Å². The van der Waals surface area contributed by atoms with Crippen molar-refractivity contribution in [1.82, 2.24) is 0 Å². The predicted molar refractivity (Wildman–Crippen MR) is 81.5 cm³/mol. The van der Waals surface area contributed by atoms with Crippen LogP contribution < -0.4 is 4.74 Å². The van der Waals surface area contributed by atoms with Crippen LogP contribution in [-0.4, -0.2) is 7.11 Å². The van der Waals surface area contributed by atoms with Crippen molar-refractivity contribution >= 4 is 23.2 Å². The molecule has 0 saturated carbocycles. The Morgan fingerprint density at radius 2 is 1.95 bits per heavy atom. The van der Waals surface area contributed by atoms with E-state index in [1.54, 1.807) is 7.11 Å². The van der Waals surface area contributed by atoms with E-state index < -0.39 is 0 Å². The number of hydrogen-bond donors (Lipinski definition) is 0. The first-order valence-electron chi connectivity index (χ1n) is 6.12. The summed E-state index contributed by atoms with van der Waals surface area (Å²) in [7, 11) is 1.66. The third-order valence-electron chi connectivity index (χ3n) is 2.98. The highest BCUT2D eigenvalue weighted by Gasteiger charge is 2.10. The van der Waals surface area contributed by atoms with Crippen LogP contribution in [0, 0.1) is 6.92 Å². The molecular formula is C16H16Cl2O. The van der Waals surface area contributed by atoms with Crippen LogP contribution in [0.4, 0.5) is 0 Å². The van der Waals surface area contributed by atoms with Crippen LogP contribution >= 0.6 is 23.2 Å². The molecule has 0 saturated heterocycles. The van der Waals surface area contributed by atoms with Crippen molar-refractivity contribution < 1.29 is 4.74 Å². The van der Waals surface area contributed by atoms with E-state index in [-0.39, 0.29) is 5.38 Å². The summed E-state index contributed by atoms with van der Waals surface area (Å²) in [5.41, 5.74) is 3.32. The fourth-order valence-electron chi connectivity index (χ4n) is 2.07. The van der Waals surface area contributed by atoms with Gasteiger partial charge >= 0.3 is 0 Å². The zero-order valence-electron chi connectivity index (χ0n) is 11.0. The SMILES string of the molecule is COc1cccc(CC(Cl)c2cc(C)cc(Cl)c2)c1. The van der Waals surface area contributed by atoms with Gasteiger partial charge in [-0.3, -0.25) is 0 Å². The highest BCUT2D eigenvalue weighted by molar-refractivity contribution is 6.30. The zero-order chi connectivity index (χ0) is 13.8. The van der Waals surface area contributed by atoms with Crippen molar-refractivity contribution in [3.8, 4) is 5.75 Å². The van der Waals surface area contributed by atoms with Gasteiger partial charge in [0, 0.05) is 5.02 Å². The van der Waals surface area contributed by atoms with Crippen molar-refractivity contribution in [2.75, 3.05) is 7.11 Å². The Morgan fingerprint density at radius 1 is 1.16 bits per heavy atom. The number of alkyl halides is 1. The van der Waals surface area contributed by atoms with Crippen LogP contribution in [0.5, 0.6) is 5.75 Å². The molecular weight excluding hydrogens is 279 g/mol. The fourth-order valence-corrected chi connectivity index (χ4v) is 2.67. The van der Waals surface area contributed by atoms with Crippen molar-refractivity contribution in [3.05, 3.63) is 64.2 Å². The minimum absolute atomic E-state index is 0.0930. The summed E-state index contributed by atoms with van der Waals surface area (Å²) < 4.78 is 5.22. The monoisotopic (exact) mass is 294 g/mol. The number of aryl methyl sites for hydroxylation is 1. The van der Waals surface area contributed by atoms with Gasteiger partial charge in [-0.1, -0.05) is 29.8 Å². The first-order valence-corrected chi connectivity index (χ1v) is 6.94. The molecule has 100 valence electrons. The molecule has 0 fully saturated rings. The molecule has 2 aromatic carbocycles. The van der Waals surface area contributed by atoms with E-state index in [1.807, 2.05) is 37.3 Å². The topological polar surface area (TPSA) is 9.23 Å². The van der Waals surface area contributed by atoms with Gasteiger partial charge in [-0.2, -0.15) is 0 Å². The molecule has 0 heterocycles. The summed E-state index contributed by atoms with van der Waals surface area (Å²) in [6.45, 7) is 2.02. The molecule has 0 aliphatic rings. The van der Waals surface area contributed by atoms with E-state index in [9.17, 15) is 0 Å². The minimum Gasteiger partial charge on any atom is -0.497 e. The summed E-state index contributed by atoms with van der Waals surface area (Å²) >= 11 is 12.5. The lowest BCUT2D eigenvalue weighted by Gasteiger charge is -2.12. The van der Waals surface area contributed by atoms with E-state index >= 15 is 0 Å². The number of hydrogen-bond acceptors (Lipinski definition) is 1. The van der Waals surface area contributed by atoms with Gasteiger partial charge in [-0.15, -0.1) is 11.6 Å². The third kappa shape index (κ3) is 3.89. The number of methoxy groups -OCH3 is 1. The minimum atomic E-state index is -0.0930. The molecule has 2 aromatic rings. The molecule has 0 amide bonds. The van der Waals surface area contributed by atoms with Gasteiger partial charge in [0.25, 0.3) is 0 Å². The van der Waals surface area contributed by atoms with Gasteiger partial charge in [-0.05, 0) is 54.3 Å². The summed E-state index contributed by atoms with van der Waals surface area (Å²) in [4.78, 5) is 0. The predicted octanol–water partition coefficient (Wildman–Crippen LogP) is 5.18. The van der Waals surface area contributed by atoms with Crippen molar-refractivity contribution in [2.45, 2.75) is 18.7 Å². The van der Waals surface area contributed by atoms with E-state index in [1.165, 1.54) is 0 Å². The van der Waals surface area contributed by atoms with Crippen LogP contribution in [0.25, 0.3) is 0 Å². The van der Waals surface area contributed by atoms with E-state index in [0.717, 1.165) is 33.9 Å². The molecule has 2 rings (SSSR count). The van der Waals surface area contributed by atoms with Crippen LogP contribution in [0.15, 0.2) is 42.5 Å². The van der Waals surface area contributed by atoms with Gasteiger partial charge in [0.1, 0.15) is 5.75 Å². The third-order valence-corrected chi connectivity index (χ3v) is 3.60. The van der Waals surface area contributed by atoms with Gasteiger partial charge in [0.05, 0.1) is 12.5 Å². The highest BCUT2D eigenvalue weighted by Crippen LogP contribution is 2.29. The van der Waals surface area contributed by atoms with Crippen LogP contribution in [0.3, 0.4) is 0 Å². The van der Waals surface area contributed by atoms with Gasteiger partial charge in [-0.25, -0.2) is 0 Å². The zero-order valence-corrected chi connectivity index (χ0v) is 12.5. The second-order valence-corrected chi connectivity index (χ2v) is 5.55. The summed E-state index contributed by atoms with van der Waals surface area (Å²) in [6, 6.07) is 13.9. The molecule has 1 atom stereocenters. The van der Waals surface area contributed by atoms with Crippen LogP contribution in [-0.2, 0) is 6.42 Å². The van der Waals surface area contributed by atoms with Crippen molar-refractivity contribution in [2.24, 2.45) is 0 Å². The number of rotatable bonds is 4. The second kappa shape index (κ2) is 6.31. The molecule has 1 unspecified atom stereocenters. The second-order valence-electron chi connectivity index (χ2n) is 4.59. The summed E-state index contributed by atoms with van der Waals surface area (Å²) in [5.74, 6) is 0.851. The largest absolute Gasteiger partial charge is 0.497 e. The summed E-state index contributed by atoms with van der Waals surface area (Å²) in [5, 5.41) is 0.635. The van der Waals surface area contributed by atoms with Gasteiger partial charge in [0.2, 0.25) is 0 Å². The highest BCUT2D eigenvalue weighted by atomic mass is 35.5. The molecule has 0 radical (unpaired) electrons. The first kappa shape index (κ1) is 14.2. The molecule has 19 heavy (non-hydrogen) atoms. The molecule has 0 N–H and O–H groups in total. The standard InChI is InChI=1S/C16H16Cl2O/c1-11-6-13(10-14(17)7-11)16(18)9-12-4-3-5-15(8-12)19-2/h3-8,10,16H,9H2,1-2H3. The Hall–Kier alpha value is -1.18. The molecule has 0 aliphatic carbocycles. The normalized spacial score (nSPS) is 12.2. The molecule has 0 bridgehead atoms. The molecule has 0 aromatic heterocycles. The van der Waals surface area contributed by atoms with Crippen LogP contribution in [0.2, 0.25) is 5.02 Å². The van der Waals surface area contributed by atoms with E-state index in [2.05, 4.69) is 12.1 Å². The van der Waals surface area contributed by atoms with Crippen molar-refractivity contribution in [3.63, 3.8) is 0 Å². The van der Waals surface area contributed by atoms with E-state index in [4.69, 9.17) is 27.9 Å². The number of halogens is 2. The van der Waals surface area contributed by atoms with Gasteiger partial charge < -0.3 is 4.74 Å². The molecule has 1 nitrogen and oxygen atoms in total. The maximum atomic E-state index is 6.48. The Balaban J connectivity index is 2.17. The Labute approximate surface area is 124 Å². The molecule has 0 spiro atoms. The van der Waals surface area contributed by atoms with Crippen LogP contribution in [0.1, 0.15) is 22.1 Å². The lowest BCUT2D eigenvalue weighted by Crippen LogP contribution is -1.97. The summed E-state index contributed by atoms with van der Waals surface area (Å²) in [6.07, 6.45) is 0.749. The molecule has 3 heteroatoms. The number of benzene rings is 2. The Kier molecular flexibility index (Phi) is 4.73. The fraction of sp³-hybridized carbons (Fsp3) is 0.250. The quantitative estimate of drug-likeness (QED) is 0.706.